The predicted molar refractivity (Wildman–Crippen MR) is 41.1 cm³/mol. The van der Waals surface area contributed by atoms with Crippen LogP contribution in [0, 0.1) is 13.8 Å². The van der Waals surface area contributed by atoms with Crippen LogP contribution in [0.3, 0.4) is 0 Å². The summed E-state index contributed by atoms with van der Waals surface area (Å²) in [6.07, 6.45) is 0.779. The minimum Gasteiger partial charge on any atom is -1.00 e. The van der Waals surface area contributed by atoms with Crippen molar-refractivity contribution in [1.29, 1.82) is 0 Å². The Morgan fingerprint density at radius 2 is 2.09 bits per heavy atom. The van der Waals surface area contributed by atoms with Crippen LogP contribution in [0.25, 0.3) is 0 Å². The molecule has 1 aromatic heterocycles. The Labute approximate surface area is 76.7 Å². The second kappa shape index (κ2) is 4.70. The van der Waals surface area contributed by atoms with Crippen LogP contribution in [0.4, 0.5) is 0 Å². The number of aliphatic hydroxyl groups is 1. The smallest absolute Gasteiger partial charge is 0.232 e. The number of rotatable bonds is 2. The zero-order valence-electron chi connectivity index (χ0n) is 6.65. The summed E-state index contributed by atoms with van der Waals surface area (Å²) in [5, 5.41) is 9.86. The molecule has 0 saturated heterocycles. The molecule has 1 aromatic rings. The van der Waals surface area contributed by atoms with Crippen molar-refractivity contribution >= 4 is 11.3 Å². The molecule has 11 heavy (non-hydrogen) atoms. The summed E-state index contributed by atoms with van der Waals surface area (Å²) in [6.45, 7) is 4.32. The van der Waals surface area contributed by atoms with E-state index in [4.69, 9.17) is 5.11 Å². The number of thiazole rings is 1. The van der Waals surface area contributed by atoms with Gasteiger partial charge in [-0.25, -0.2) is 4.98 Å². The van der Waals surface area contributed by atoms with Crippen LogP contribution < -0.4 is 17.4 Å². The summed E-state index contributed by atoms with van der Waals surface area (Å²) in [5.41, 5.74) is 1.19. The van der Waals surface area contributed by atoms with Crippen LogP contribution in [0.15, 0.2) is 0 Å². The fourth-order valence-corrected chi connectivity index (χ4v) is 1.93. The molecule has 0 aromatic carbocycles. The third kappa shape index (κ3) is 2.77. The van der Waals surface area contributed by atoms with Crippen molar-refractivity contribution in [3.05, 3.63) is 15.6 Å². The fraction of sp³-hybridized carbons (Fsp3) is 0.571. The molecule has 0 atom stereocenters. The molecule has 0 amide bonds. The number of aryl methyl sites for hydroxylation is 2. The van der Waals surface area contributed by atoms with Crippen molar-refractivity contribution in [3.8, 4) is 0 Å². The number of nitrogens with one attached hydrogen (secondary N) is 1. The van der Waals surface area contributed by atoms with E-state index < -0.39 is 0 Å². The zero-order chi connectivity index (χ0) is 7.56. The van der Waals surface area contributed by atoms with Crippen molar-refractivity contribution in [2.75, 3.05) is 6.61 Å². The summed E-state index contributed by atoms with van der Waals surface area (Å²) in [7, 11) is 0. The number of halogens is 1. The Morgan fingerprint density at radius 1 is 1.45 bits per heavy atom. The molecule has 0 aliphatic heterocycles. The van der Waals surface area contributed by atoms with Crippen LogP contribution in [0.5, 0.6) is 0 Å². The maximum atomic E-state index is 8.65. The van der Waals surface area contributed by atoms with E-state index in [1.165, 1.54) is 15.6 Å². The molecule has 4 heteroatoms. The second-order valence-corrected chi connectivity index (χ2v) is 3.61. The Balaban J connectivity index is 0.000001000. The van der Waals surface area contributed by atoms with Crippen molar-refractivity contribution in [2.24, 2.45) is 0 Å². The normalized spacial score (nSPS) is 9.36. The van der Waals surface area contributed by atoms with E-state index in [1.807, 2.05) is 13.8 Å². The Bertz CT molecular complexity index is 224. The van der Waals surface area contributed by atoms with E-state index in [9.17, 15) is 0 Å². The van der Waals surface area contributed by atoms with Gasteiger partial charge in [0, 0.05) is 26.9 Å². The van der Waals surface area contributed by atoms with Gasteiger partial charge in [0.1, 0.15) is 0 Å². The summed E-state index contributed by atoms with van der Waals surface area (Å²) >= 11 is 1.72. The Morgan fingerprint density at radius 3 is 2.45 bits per heavy atom. The van der Waals surface area contributed by atoms with Crippen LogP contribution in [0.1, 0.15) is 15.6 Å². The standard InChI is InChI=1S/C7H11NOS.ClH/c1-5-7(3-4-9)10-6(2)8-5;/h9H,3-4H2,1-2H3;1H. The molecule has 2 N–H and O–H groups in total. The zero-order valence-corrected chi connectivity index (χ0v) is 8.22. The van der Waals surface area contributed by atoms with Gasteiger partial charge in [-0.15, -0.1) is 0 Å². The van der Waals surface area contributed by atoms with E-state index in [0.29, 0.717) is 0 Å². The SMILES string of the molecule is Cc1[nH+]c(C)c(CCO)s1.[Cl-]. The van der Waals surface area contributed by atoms with Gasteiger partial charge in [0.05, 0.1) is 4.88 Å². The number of aliphatic hydroxyl groups excluding tert-OH is 1. The average Bonchev–Trinajstić information content (AvgIpc) is 2.13. The minimum absolute atomic E-state index is 0. The van der Waals surface area contributed by atoms with Crippen LogP contribution in [0.2, 0.25) is 0 Å². The van der Waals surface area contributed by atoms with Crippen molar-refractivity contribution < 1.29 is 22.5 Å². The Hall–Kier alpha value is -0.120. The number of aromatic amines is 1. The highest BCUT2D eigenvalue weighted by Crippen LogP contribution is 2.12. The van der Waals surface area contributed by atoms with Crippen molar-refractivity contribution in [2.45, 2.75) is 20.3 Å². The molecule has 1 rings (SSSR count). The van der Waals surface area contributed by atoms with Gasteiger partial charge in [-0.2, -0.15) is 0 Å². The minimum atomic E-state index is 0. The first-order chi connectivity index (χ1) is 4.74. The molecule has 0 fully saturated rings. The molecule has 2 nitrogen and oxygen atoms in total. The molecule has 0 unspecified atom stereocenters. The Kier molecular flexibility index (Phi) is 4.65. The third-order valence-corrected chi connectivity index (χ3v) is 2.56. The number of hydrogen-bond acceptors (Lipinski definition) is 2. The van der Waals surface area contributed by atoms with Gasteiger partial charge in [0.2, 0.25) is 5.01 Å². The summed E-state index contributed by atoms with van der Waals surface area (Å²) in [4.78, 5) is 4.46. The molecular formula is C7H12ClNOS. The maximum absolute atomic E-state index is 8.65. The van der Waals surface area contributed by atoms with Gasteiger partial charge in [-0.1, -0.05) is 11.3 Å². The van der Waals surface area contributed by atoms with Crippen LogP contribution >= 0.6 is 11.3 Å². The third-order valence-electron chi connectivity index (χ3n) is 1.40. The summed E-state index contributed by atoms with van der Waals surface area (Å²) in [5.74, 6) is 0. The molecule has 0 aliphatic rings. The average molecular weight is 194 g/mol. The van der Waals surface area contributed by atoms with E-state index in [2.05, 4.69) is 4.98 Å². The lowest BCUT2D eigenvalue weighted by molar-refractivity contribution is -0.389. The lowest BCUT2D eigenvalue weighted by Gasteiger charge is -1.86. The van der Waals surface area contributed by atoms with E-state index in [-0.39, 0.29) is 19.0 Å². The first-order valence-electron chi connectivity index (χ1n) is 3.33. The molecule has 0 radical (unpaired) electrons. The molecule has 0 bridgehead atoms. The maximum Gasteiger partial charge on any atom is 0.232 e. The first-order valence-corrected chi connectivity index (χ1v) is 4.14. The molecule has 1 heterocycles. The number of hydrogen-bond donors (Lipinski definition) is 1. The second-order valence-electron chi connectivity index (χ2n) is 2.31. The molecular weight excluding hydrogens is 182 g/mol. The quantitative estimate of drug-likeness (QED) is 0.565. The molecule has 0 aliphatic carbocycles. The van der Waals surface area contributed by atoms with E-state index >= 15 is 0 Å². The van der Waals surface area contributed by atoms with Gasteiger partial charge >= 0.3 is 0 Å². The van der Waals surface area contributed by atoms with E-state index in [0.717, 1.165) is 6.42 Å². The summed E-state index contributed by atoms with van der Waals surface area (Å²) < 4.78 is 0. The topological polar surface area (TPSA) is 34.4 Å². The molecule has 0 spiro atoms. The number of aromatic nitrogens is 1. The van der Waals surface area contributed by atoms with Gasteiger partial charge in [0.15, 0.2) is 5.69 Å². The molecule has 64 valence electrons. The number of H-pyrrole nitrogens is 1. The summed E-state index contributed by atoms with van der Waals surface area (Å²) in [6, 6.07) is 0. The van der Waals surface area contributed by atoms with E-state index in [1.54, 1.807) is 11.3 Å². The monoisotopic (exact) mass is 193 g/mol. The highest BCUT2D eigenvalue weighted by molar-refractivity contribution is 7.11. The van der Waals surface area contributed by atoms with Crippen molar-refractivity contribution in [3.63, 3.8) is 0 Å². The highest BCUT2D eigenvalue weighted by atomic mass is 35.5. The first kappa shape index (κ1) is 10.9. The molecule has 0 saturated carbocycles. The van der Waals surface area contributed by atoms with Crippen LogP contribution in [-0.4, -0.2) is 11.7 Å². The van der Waals surface area contributed by atoms with Crippen LogP contribution in [-0.2, 0) is 6.42 Å². The van der Waals surface area contributed by atoms with Gasteiger partial charge in [-0.05, 0) is 0 Å². The van der Waals surface area contributed by atoms with Crippen molar-refractivity contribution in [1.82, 2.24) is 0 Å². The highest BCUT2D eigenvalue weighted by Gasteiger charge is 2.09. The van der Waals surface area contributed by atoms with Gasteiger partial charge in [0.25, 0.3) is 0 Å². The lowest BCUT2D eigenvalue weighted by atomic mass is 10.3. The predicted octanol–water partition coefficient (Wildman–Crippen LogP) is -2.28. The lowest BCUT2D eigenvalue weighted by Crippen LogP contribution is -3.00. The fourth-order valence-electron chi connectivity index (χ4n) is 0.961. The van der Waals surface area contributed by atoms with Gasteiger partial charge < -0.3 is 17.5 Å². The van der Waals surface area contributed by atoms with Gasteiger partial charge in [-0.3, -0.25) is 0 Å². The largest absolute Gasteiger partial charge is 1.00 e.